The number of nitriles is 2. The standard InChI is InChI=1S/C30H32N4O2/c1-3-5-7-9-15-33-25-17-21(19-31)11-13-23(25)27(29(33)35)28-24-14-12-22(20-32)18-26(24)34(30(28)36)16-10-8-6-4-2/h11-14,17-18H,3-10,15-16H2,1-2H3/b28-27-. The summed E-state index contributed by atoms with van der Waals surface area (Å²) >= 11 is 0. The molecule has 2 heterocycles. The van der Waals surface area contributed by atoms with Crippen molar-refractivity contribution in [3.63, 3.8) is 0 Å². The van der Waals surface area contributed by atoms with Crippen molar-refractivity contribution in [2.45, 2.75) is 65.2 Å². The molecule has 0 unspecified atom stereocenters. The topological polar surface area (TPSA) is 88.2 Å². The van der Waals surface area contributed by atoms with E-state index in [0.29, 0.717) is 57.9 Å². The molecule has 0 fully saturated rings. The molecule has 0 saturated carbocycles. The zero-order valence-electron chi connectivity index (χ0n) is 21.1. The average molecular weight is 481 g/mol. The second-order valence-corrected chi connectivity index (χ2v) is 9.47. The Morgan fingerprint density at radius 3 is 1.42 bits per heavy atom. The minimum atomic E-state index is -0.192. The first-order valence-corrected chi connectivity index (χ1v) is 13.0. The summed E-state index contributed by atoms with van der Waals surface area (Å²) in [6.07, 6.45) is 8.15. The summed E-state index contributed by atoms with van der Waals surface area (Å²) in [6, 6.07) is 14.8. The van der Waals surface area contributed by atoms with Crippen molar-refractivity contribution in [2.75, 3.05) is 22.9 Å². The summed E-state index contributed by atoms with van der Waals surface area (Å²) in [4.78, 5) is 31.2. The molecule has 0 radical (unpaired) electrons. The second-order valence-electron chi connectivity index (χ2n) is 9.47. The lowest BCUT2D eigenvalue weighted by molar-refractivity contribution is -0.114. The molecule has 2 aromatic carbocycles. The second kappa shape index (κ2) is 11.2. The summed E-state index contributed by atoms with van der Waals surface area (Å²) in [7, 11) is 0. The van der Waals surface area contributed by atoms with Crippen LogP contribution in [0, 0.1) is 22.7 Å². The number of carbonyl (C=O) groups excluding carboxylic acids is 2. The minimum Gasteiger partial charge on any atom is -0.308 e. The zero-order chi connectivity index (χ0) is 25.7. The third-order valence-electron chi connectivity index (χ3n) is 7.01. The molecule has 2 aliphatic heterocycles. The predicted octanol–water partition coefficient (Wildman–Crippen LogP) is 6.19. The molecule has 0 aromatic heterocycles. The highest BCUT2D eigenvalue weighted by atomic mass is 16.2. The molecule has 184 valence electrons. The fourth-order valence-corrected chi connectivity index (χ4v) is 5.11. The summed E-state index contributed by atoms with van der Waals surface area (Å²) in [6.45, 7) is 5.39. The zero-order valence-corrected chi connectivity index (χ0v) is 21.1. The lowest BCUT2D eigenvalue weighted by Gasteiger charge is -2.17. The van der Waals surface area contributed by atoms with Crippen LogP contribution >= 0.6 is 0 Å². The molecule has 0 atom stereocenters. The van der Waals surface area contributed by atoms with Gasteiger partial charge in [0.25, 0.3) is 11.8 Å². The summed E-state index contributed by atoms with van der Waals surface area (Å²) < 4.78 is 0. The number of hydrogen-bond acceptors (Lipinski definition) is 4. The molecular formula is C30H32N4O2. The van der Waals surface area contributed by atoms with E-state index in [1.165, 1.54) is 0 Å². The van der Waals surface area contributed by atoms with Gasteiger partial charge in [-0.2, -0.15) is 10.5 Å². The van der Waals surface area contributed by atoms with E-state index in [1.807, 2.05) is 0 Å². The lowest BCUT2D eigenvalue weighted by atomic mass is 9.95. The highest BCUT2D eigenvalue weighted by molar-refractivity contribution is 6.49. The lowest BCUT2D eigenvalue weighted by Crippen LogP contribution is -2.30. The van der Waals surface area contributed by atoms with Gasteiger partial charge >= 0.3 is 0 Å². The number of benzene rings is 2. The number of fused-ring (bicyclic) bond motifs is 2. The Bertz CT molecular complexity index is 1200. The molecular weight excluding hydrogens is 448 g/mol. The fourth-order valence-electron chi connectivity index (χ4n) is 5.11. The van der Waals surface area contributed by atoms with E-state index >= 15 is 0 Å². The predicted molar refractivity (Wildman–Crippen MR) is 142 cm³/mol. The summed E-state index contributed by atoms with van der Waals surface area (Å²) in [5.74, 6) is -0.383. The van der Waals surface area contributed by atoms with Crippen LogP contribution in [0.15, 0.2) is 36.4 Å². The maximum atomic E-state index is 13.9. The van der Waals surface area contributed by atoms with Crippen LogP contribution in [0.4, 0.5) is 11.4 Å². The van der Waals surface area contributed by atoms with Gasteiger partial charge in [-0.1, -0.05) is 64.5 Å². The number of nitrogens with zero attached hydrogens (tertiary/aromatic N) is 4. The quantitative estimate of drug-likeness (QED) is 0.299. The van der Waals surface area contributed by atoms with Crippen molar-refractivity contribution in [1.82, 2.24) is 0 Å². The van der Waals surface area contributed by atoms with Crippen LogP contribution in [0.5, 0.6) is 0 Å². The molecule has 2 aliphatic rings. The van der Waals surface area contributed by atoms with E-state index in [1.54, 1.807) is 46.2 Å². The summed E-state index contributed by atoms with van der Waals surface area (Å²) in [5.41, 5.74) is 4.56. The van der Waals surface area contributed by atoms with E-state index in [9.17, 15) is 20.1 Å². The highest BCUT2D eigenvalue weighted by Crippen LogP contribution is 2.47. The van der Waals surface area contributed by atoms with Crippen LogP contribution in [0.2, 0.25) is 0 Å². The number of amides is 2. The molecule has 4 rings (SSSR count). The van der Waals surface area contributed by atoms with E-state index in [2.05, 4.69) is 26.0 Å². The van der Waals surface area contributed by atoms with E-state index in [4.69, 9.17) is 0 Å². The van der Waals surface area contributed by atoms with Crippen LogP contribution in [0.3, 0.4) is 0 Å². The molecule has 2 amide bonds. The molecule has 0 spiro atoms. The highest BCUT2D eigenvalue weighted by Gasteiger charge is 2.42. The Morgan fingerprint density at radius 1 is 0.639 bits per heavy atom. The average Bonchev–Trinajstić information content (AvgIpc) is 3.32. The molecule has 6 nitrogen and oxygen atoms in total. The van der Waals surface area contributed by atoms with Crippen LogP contribution in [0.25, 0.3) is 11.1 Å². The van der Waals surface area contributed by atoms with Crippen LogP contribution in [-0.4, -0.2) is 24.9 Å². The van der Waals surface area contributed by atoms with Crippen LogP contribution in [-0.2, 0) is 9.59 Å². The Labute approximate surface area is 213 Å². The van der Waals surface area contributed by atoms with Crippen molar-refractivity contribution < 1.29 is 9.59 Å². The number of carbonyl (C=O) groups is 2. The Hall–Kier alpha value is -3.90. The fraction of sp³-hybridized carbons (Fsp3) is 0.400. The first-order chi connectivity index (χ1) is 17.5. The van der Waals surface area contributed by atoms with Gasteiger partial charge in [0.1, 0.15) is 0 Å². The molecule has 6 heteroatoms. The number of unbranched alkanes of at least 4 members (excludes halogenated alkanes) is 6. The van der Waals surface area contributed by atoms with Crippen molar-refractivity contribution >= 4 is 34.3 Å². The molecule has 0 bridgehead atoms. The van der Waals surface area contributed by atoms with Crippen LogP contribution in [0.1, 0.15) is 87.5 Å². The van der Waals surface area contributed by atoms with Gasteiger partial charge in [-0.05, 0) is 37.1 Å². The molecule has 0 N–H and O–H groups in total. The van der Waals surface area contributed by atoms with Gasteiger partial charge in [-0.25, -0.2) is 0 Å². The van der Waals surface area contributed by atoms with Gasteiger partial charge < -0.3 is 9.80 Å². The molecule has 2 aromatic rings. The third-order valence-corrected chi connectivity index (χ3v) is 7.01. The first kappa shape index (κ1) is 25.2. The maximum Gasteiger partial charge on any atom is 0.259 e. The molecule has 36 heavy (non-hydrogen) atoms. The molecule has 0 aliphatic carbocycles. The first-order valence-electron chi connectivity index (χ1n) is 13.0. The van der Waals surface area contributed by atoms with E-state index < -0.39 is 0 Å². The van der Waals surface area contributed by atoms with Gasteiger partial charge in [0.05, 0.1) is 45.8 Å². The SMILES string of the molecule is CCCCCCN1C(=O)/C(=C2\C(=O)N(CCCCCC)c3cc(C#N)ccc32)c2ccc(C#N)cc21. The third kappa shape index (κ3) is 4.64. The Morgan fingerprint density at radius 2 is 1.06 bits per heavy atom. The smallest absolute Gasteiger partial charge is 0.259 e. The normalized spacial score (nSPS) is 16.2. The van der Waals surface area contributed by atoms with Crippen molar-refractivity contribution in [3.05, 3.63) is 58.7 Å². The van der Waals surface area contributed by atoms with Crippen molar-refractivity contribution in [1.29, 1.82) is 10.5 Å². The van der Waals surface area contributed by atoms with Crippen molar-refractivity contribution in [2.24, 2.45) is 0 Å². The van der Waals surface area contributed by atoms with Gasteiger partial charge in [0.2, 0.25) is 0 Å². The van der Waals surface area contributed by atoms with Gasteiger partial charge in [0, 0.05) is 24.2 Å². The maximum absolute atomic E-state index is 13.9. The Kier molecular flexibility index (Phi) is 7.86. The largest absolute Gasteiger partial charge is 0.308 e. The van der Waals surface area contributed by atoms with Gasteiger partial charge in [-0.3, -0.25) is 9.59 Å². The minimum absolute atomic E-state index is 0.192. The van der Waals surface area contributed by atoms with Gasteiger partial charge in [-0.15, -0.1) is 0 Å². The molecule has 0 saturated heterocycles. The number of anilines is 2. The van der Waals surface area contributed by atoms with Crippen LogP contribution < -0.4 is 9.80 Å². The Balaban J connectivity index is 1.81. The van der Waals surface area contributed by atoms with E-state index in [-0.39, 0.29) is 11.8 Å². The monoisotopic (exact) mass is 480 g/mol. The summed E-state index contributed by atoms with van der Waals surface area (Å²) in [5, 5.41) is 18.9. The van der Waals surface area contributed by atoms with Gasteiger partial charge in [0.15, 0.2) is 0 Å². The number of hydrogen-bond donors (Lipinski definition) is 0. The van der Waals surface area contributed by atoms with Crippen molar-refractivity contribution in [3.8, 4) is 12.1 Å². The van der Waals surface area contributed by atoms with E-state index in [0.717, 1.165) is 51.4 Å². The number of rotatable bonds is 10.